The van der Waals surface area contributed by atoms with E-state index in [1.165, 1.54) is 11.8 Å². The van der Waals surface area contributed by atoms with Crippen molar-refractivity contribution in [2.75, 3.05) is 5.32 Å². The number of carbonyl (C=O) groups is 2. The lowest BCUT2D eigenvalue weighted by Crippen LogP contribution is -2.28. The van der Waals surface area contributed by atoms with Gasteiger partial charge in [0.1, 0.15) is 17.6 Å². The van der Waals surface area contributed by atoms with Crippen LogP contribution in [0.2, 0.25) is 0 Å². The number of hydrogen-bond acceptors (Lipinski definition) is 6. The van der Waals surface area contributed by atoms with Crippen molar-refractivity contribution < 1.29 is 14.3 Å². The van der Waals surface area contributed by atoms with Gasteiger partial charge in [-0.25, -0.2) is 0 Å². The molecule has 3 aromatic rings. The lowest BCUT2D eigenvalue weighted by atomic mass is 10.2. The van der Waals surface area contributed by atoms with Crippen molar-refractivity contribution in [2.24, 2.45) is 10.2 Å². The molecule has 2 N–H and O–H groups in total. The highest BCUT2D eigenvalue weighted by Gasteiger charge is 2.32. The van der Waals surface area contributed by atoms with Crippen LogP contribution in [0, 0.1) is 6.92 Å². The number of rotatable bonds is 8. The van der Waals surface area contributed by atoms with E-state index < -0.39 is 5.25 Å². The zero-order valence-electron chi connectivity index (χ0n) is 18.6. The Balaban J connectivity index is 1.25. The third kappa shape index (κ3) is 6.79. The zero-order valence-corrected chi connectivity index (χ0v) is 19.4. The topological polar surface area (TPSA) is 92.2 Å². The molecule has 1 fully saturated rings. The molecule has 0 bridgehead atoms. The number of aryl methyl sites for hydroxylation is 1. The van der Waals surface area contributed by atoms with Gasteiger partial charge in [0.25, 0.3) is 0 Å². The molecule has 0 unspecified atom stereocenters. The maximum Gasteiger partial charge on any atom is 0.240 e. The number of amides is 2. The molecule has 0 aromatic heterocycles. The predicted molar refractivity (Wildman–Crippen MR) is 136 cm³/mol. The molecule has 0 saturated carbocycles. The van der Waals surface area contributed by atoms with Crippen LogP contribution in [0.25, 0.3) is 0 Å². The summed E-state index contributed by atoms with van der Waals surface area (Å²) in [5.41, 5.74) is 3.76. The van der Waals surface area contributed by atoms with Gasteiger partial charge < -0.3 is 15.4 Å². The molecule has 1 saturated heterocycles. The van der Waals surface area contributed by atoms with Gasteiger partial charge in [0.05, 0.1) is 6.21 Å². The number of anilines is 1. The minimum Gasteiger partial charge on any atom is -0.489 e. The average molecular weight is 473 g/mol. The molecule has 1 atom stereocenters. The second-order valence-corrected chi connectivity index (χ2v) is 8.90. The fourth-order valence-corrected chi connectivity index (χ4v) is 4.07. The number of amidine groups is 1. The second-order valence-electron chi connectivity index (χ2n) is 7.71. The summed E-state index contributed by atoms with van der Waals surface area (Å²) in [6.45, 7) is 2.48. The quantitative estimate of drug-likeness (QED) is 0.372. The van der Waals surface area contributed by atoms with Crippen LogP contribution in [0.3, 0.4) is 0 Å². The molecule has 7 nitrogen and oxygen atoms in total. The van der Waals surface area contributed by atoms with E-state index in [9.17, 15) is 9.59 Å². The van der Waals surface area contributed by atoms with Crippen molar-refractivity contribution in [1.29, 1.82) is 0 Å². The molecule has 0 radical (unpaired) electrons. The minimum atomic E-state index is -0.541. The number of nitrogens with zero attached hydrogens (tertiary/aromatic N) is 2. The van der Waals surface area contributed by atoms with Crippen molar-refractivity contribution in [3.8, 4) is 5.75 Å². The molecular weight excluding hydrogens is 448 g/mol. The Morgan fingerprint density at radius 3 is 2.53 bits per heavy atom. The van der Waals surface area contributed by atoms with Gasteiger partial charge >= 0.3 is 0 Å². The molecular formula is C26H24N4O3S. The van der Waals surface area contributed by atoms with Crippen LogP contribution in [-0.2, 0) is 16.2 Å². The molecule has 1 aliphatic rings. The summed E-state index contributed by atoms with van der Waals surface area (Å²) in [5.74, 6) is 0.284. The van der Waals surface area contributed by atoms with Crippen LogP contribution in [0.15, 0.2) is 89.1 Å². The number of nitrogens with one attached hydrogen (secondary N) is 2. The van der Waals surface area contributed by atoms with Crippen molar-refractivity contribution >= 4 is 40.6 Å². The Kier molecular flexibility index (Phi) is 7.72. The summed E-state index contributed by atoms with van der Waals surface area (Å²) in [6.07, 6.45) is 1.65. The molecule has 172 valence electrons. The first-order valence-electron chi connectivity index (χ1n) is 10.8. The van der Waals surface area contributed by atoms with Gasteiger partial charge in [0.15, 0.2) is 5.17 Å². The van der Waals surface area contributed by atoms with Gasteiger partial charge in [-0.05, 0) is 54.4 Å². The van der Waals surface area contributed by atoms with Crippen LogP contribution < -0.4 is 15.4 Å². The van der Waals surface area contributed by atoms with Crippen molar-refractivity contribution in [2.45, 2.75) is 25.2 Å². The van der Waals surface area contributed by atoms with Gasteiger partial charge in [-0.15, -0.1) is 5.10 Å². The summed E-state index contributed by atoms with van der Waals surface area (Å²) in [6, 6.07) is 24.9. The van der Waals surface area contributed by atoms with Crippen molar-refractivity contribution in [1.82, 2.24) is 5.32 Å². The molecule has 3 aromatic carbocycles. The Hall–Kier alpha value is -3.91. The van der Waals surface area contributed by atoms with E-state index in [1.54, 1.807) is 6.21 Å². The first kappa shape index (κ1) is 23.3. The van der Waals surface area contributed by atoms with Gasteiger partial charge in [-0.3, -0.25) is 9.59 Å². The van der Waals surface area contributed by atoms with Crippen LogP contribution >= 0.6 is 11.8 Å². The van der Waals surface area contributed by atoms with Gasteiger partial charge in [-0.1, -0.05) is 59.8 Å². The summed E-state index contributed by atoms with van der Waals surface area (Å²) in [5, 5.41) is 13.4. The molecule has 2 amide bonds. The van der Waals surface area contributed by atoms with Crippen LogP contribution in [0.4, 0.5) is 5.69 Å². The SMILES string of the molecule is Cc1ccc(NC(=O)C[C@H]2S/C(=N\N=C/c3ccc(OCc4ccccc4)cc3)NC2=O)cc1. The Bertz CT molecular complexity index is 1190. The summed E-state index contributed by atoms with van der Waals surface area (Å²) in [7, 11) is 0. The molecule has 0 aliphatic carbocycles. The maximum absolute atomic E-state index is 12.3. The van der Waals surface area contributed by atoms with Crippen LogP contribution in [-0.4, -0.2) is 28.4 Å². The van der Waals surface area contributed by atoms with E-state index in [0.717, 1.165) is 22.4 Å². The zero-order chi connectivity index (χ0) is 23.8. The number of benzene rings is 3. The Labute approximate surface area is 202 Å². The Morgan fingerprint density at radius 1 is 1.06 bits per heavy atom. The number of carbonyl (C=O) groups excluding carboxylic acids is 2. The smallest absolute Gasteiger partial charge is 0.240 e. The molecule has 0 spiro atoms. The summed E-state index contributed by atoms with van der Waals surface area (Å²) >= 11 is 1.20. The fourth-order valence-electron chi connectivity index (χ4n) is 3.14. The Morgan fingerprint density at radius 2 is 1.79 bits per heavy atom. The van der Waals surface area contributed by atoms with Crippen molar-refractivity contribution in [3.63, 3.8) is 0 Å². The molecule has 34 heavy (non-hydrogen) atoms. The summed E-state index contributed by atoms with van der Waals surface area (Å²) < 4.78 is 5.78. The monoisotopic (exact) mass is 472 g/mol. The third-order valence-corrected chi connectivity index (χ3v) is 6.04. The summed E-state index contributed by atoms with van der Waals surface area (Å²) in [4.78, 5) is 24.5. The average Bonchev–Trinajstić information content (AvgIpc) is 3.19. The van der Waals surface area contributed by atoms with Gasteiger partial charge in [0.2, 0.25) is 11.8 Å². The fraction of sp³-hybridized carbons (Fsp3) is 0.154. The van der Waals surface area contributed by atoms with Crippen molar-refractivity contribution in [3.05, 3.63) is 95.6 Å². The molecule has 8 heteroatoms. The van der Waals surface area contributed by atoms with E-state index in [2.05, 4.69) is 20.8 Å². The van der Waals surface area contributed by atoms with Gasteiger partial charge in [-0.2, -0.15) is 5.10 Å². The lowest BCUT2D eigenvalue weighted by Gasteiger charge is -2.07. The molecule has 4 rings (SSSR count). The maximum atomic E-state index is 12.3. The van der Waals surface area contributed by atoms with E-state index in [4.69, 9.17) is 4.74 Å². The van der Waals surface area contributed by atoms with E-state index in [0.29, 0.717) is 17.5 Å². The van der Waals surface area contributed by atoms with Crippen LogP contribution in [0.5, 0.6) is 5.75 Å². The standard InChI is InChI=1S/C26H24N4O3S/c1-18-7-11-21(12-8-18)28-24(31)15-23-25(32)29-26(34-23)30-27-16-19-9-13-22(14-10-19)33-17-20-5-3-2-4-6-20/h2-14,16,23H,15,17H2,1H3,(H,28,31)(H,29,30,32)/b27-16-/t23-/m1/s1. The lowest BCUT2D eigenvalue weighted by molar-refractivity contribution is -0.122. The highest BCUT2D eigenvalue weighted by Crippen LogP contribution is 2.23. The molecule has 1 aliphatic heterocycles. The third-order valence-electron chi connectivity index (χ3n) is 4.97. The van der Waals surface area contributed by atoms with E-state index in [1.807, 2.05) is 85.8 Å². The van der Waals surface area contributed by atoms with E-state index in [-0.39, 0.29) is 18.2 Å². The largest absolute Gasteiger partial charge is 0.489 e. The van der Waals surface area contributed by atoms with Crippen LogP contribution in [0.1, 0.15) is 23.1 Å². The number of hydrogen-bond donors (Lipinski definition) is 2. The van der Waals surface area contributed by atoms with E-state index >= 15 is 0 Å². The highest BCUT2D eigenvalue weighted by atomic mass is 32.2. The normalized spacial score (nSPS) is 16.6. The second kappa shape index (κ2) is 11.3. The first-order chi connectivity index (χ1) is 16.5. The number of ether oxygens (including phenoxy) is 1. The predicted octanol–water partition coefficient (Wildman–Crippen LogP) is 4.52. The molecule has 1 heterocycles. The van der Waals surface area contributed by atoms with Gasteiger partial charge in [0, 0.05) is 12.1 Å². The highest BCUT2D eigenvalue weighted by molar-refractivity contribution is 8.15. The number of thioether (sulfide) groups is 1. The minimum absolute atomic E-state index is 0.0531. The first-order valence-corrected chi connectivity index (χ1v) is 11.6.